The third kappa shape index (κ3) is 2.61. The van der Waals surface area contributed by atoms with Crippen LogP contribution in [-0.4, -0.2) is 11.6 Å². The van der Waals surface area contributed by atoms with Crippen molar-refractivity contribution in [3.8, 4) is 0 Å². The average Bonchev–Trinajstić information content (AvgIpc) is 3.08. The second-order valence-corrected chi connectivity index (χ2v) is 8.58. The van der Waals surface area contributed by atoms with E-state index >= 15 is 0 Å². The van der Waals surface area contributed by atoms with E-state index in [-0.39, 0.29) is 17.5 Å². The summed E-state index contributed by atoms with van der Waals surface area (Å²) in [4.78, 5) is 13.0. The van der Waals surface area contributed by atoms with E-state index in [0.717, 1.165) is 37.5 Å². The van der Waals surface area contributed by atoms with Crippen molar-refractivity contribution in [2.75, 3.05) is 0 Å². The van der Waals surface area contributed by atoms with Gasteiger partial charge in [0.05, 0.1) is 5.92 Å². The Morgan fingerprint density at radius 3 is 2.36 bits per heavy atom. The number of carbonyl (C=O) groups is 1. The maximum Gasteiger partial charge on any atom is 0.309 e. The molecule has 0 saturated heterocycles. The number of ether oxygens (including phenoxy) is 1. The topological polar surface area (TPSA) is 26.3 Å². The number of fused-ring (bicyclic) bond motifs is 2. The molecule has 0 radical (unpaired) electrons. The van der Waals surface area contributed by atoms with Gasteiger partial charge < -0.3 is 4.74 Å². The molecule has 126 valence electrons. The maximum atomic E-state index is 13.0. The highest BCUT2D eigenvalue weighted by atomic mass is 16.6. The van der Waals surface area contributed by atoms with Crippen molar-refractivity contribution in [1.29, 1.82) is 0 Å². The Morgan fingerprint density at radius 2 is 1.82 bits per heavy atom. The van der Waals surface area contributed by atoms with Gasteiger partial charge in [-0.15, -0.1) is 0 Å². The molecule has 2 bridgehead atoms. The van der Waals surface area contributed by atoms with Crippen LogP contribution in [0.4, 0.5) is 0 Å². The molecule has 2 nitrogen and oxygen atoms in total. The Balaban J connectivity index is 1.70. The Morgan fingerprint density at radius 1 is 1.14 bits per heavy atom. The molecule has 3 fully saturated rings. The van der Waals surface area contributed by atoms with E-state index in [1.54, 1.807) is 0 Å². The Bertz CT molecular complexity index is 408. The van der Waals surface area contributed by atoms with E-state index in [4.69, 9.17) is 4.74 Å². The van der Waals surface area contributed by atoms with Crippen LogP contribution in [0.2, 0.25) is 0 Å². The lowest BCUT2D eigenvalue weighted by Crippen LogP contribution is -2.45. The molecule has 3 saturated carbocycles. The minimum absolute atomic E-state index is 0.147. The van der Waals surface area contributed by atoms with E-state index < -0.39 is 0 Å². The summed E-state index contributed by atoms with van der Waals surface area (Å²) in [6.07, 6.45) is 9.38. The smallest absolute Gasteiger partial charge is 0.309 e. The fraction of sp³-hybridized carbons (Fsp3) is 0.950. The molecule has 0 aromatic rings. The standard InChI is InChI=1S/C20H34O2/c1-5-13(2)20(9-7-6-8-10-20)22-19(21)18-12-16-11-17(18)15(4)14(16)3/h13-18H,5-12H2,1-4H3. The number of carbonyl (C=O) groups excluding carboxylic acids is 1. The van der Waals surface area contributed by atoms with Gasteiger partial charge in [0.15, 0.2) is 0 Å². The van der Waals surface area contributed by atoms with Crippen molar-refractivity contribution < 1.29 is 9.53 Å². The largest absolute Gasteiger partial charge is 0.459 e. The molecule has 0 aromatic carbocycles. The normalized spacial score (nSPS) is 41.4. The fourth-order valence-electron chi connectivity index (χ4n) is 5.71. The van der Waals surface area contributed by atoms with Crippen LogP contribution in [0.1, 0.15) is 79.1 Å². The van der Waals surface area contributed by atoms with Crippen LogP contribution >= 0.6 is 0 Å². The summed E-state index contributed by atoms with van der Waals surface area (Å²) >= 11 is 0. The van der Waals surface area contributed by atoms with Crippen LogP contribution in [-0.2, 0) is 9.53 Å². The molecule has 6 atom stereocenters. The van der Waals surface area contributed by atoms with Crippen molar-refractivity contribution in [3.05, 3.63) is 0 Å². The predicted molar refractivity (Wildman–Crippen MR) is 89.4 cm³/mol. The van der Waals surface area contributed by atoms with Crippen molar-refractivity contribution >= 4 is 5.97 Å². The molecule has 0 aliphatic heterocycles. The highest BCUT2D eigenvalue weighted by Crippen LogP contribution is 2.55. The monoisotopic (exact) mass is 306 g/mol. The summed E-state index contributed by atoms with van der Waals surface area (Å²) in [5, 5.41) is 0. The molecule has 3 rings (SSSR count). The molecule has 22 heavy (non-hydrogen) atoms. The summed E-state index contributed by atoms with van der Waals surface area (Å²) in [5.74, 6) is 3.68. The van der Waals surface area contributed by atoms with Gasteiger partial charge in [0.2, 0.25) is 0 Å². The van der Waals surface area contributed by atoms with Crippen molar-refractivity contribution in [3.63, 3.8) is 0 Å². The molecule has 0 heterocycles. The molecule has 0 N–H and O–H groups in total. The van der Waals surface area contributed by atoms with Crippen LogP contribution in [0.25, 0.3) is 0 Å². The zero-order chi connectivity index (χ0) is 15.9. The van der Waals surface area contributed by atoms with Gasteiger partial charge in [0.1, 0.15) is 5.60 Å². The molecular weight excluding hydrogens is 272 g/mol. The highest BCUT2D eigenvalue weighted by molar-refractivity contribution is 5.74. The van der Waals surface area contributed by atoms with Gasteiger partial charge in [0.25, 0.3) is 0 Å². The molecular formula is C20H34O2. The summed E-state index contributed by atoms with van der Waals surface area (Å²) in [7, 11) is 0. The first-order chi connectivity index (χ1) is 10.5. The van der Waals surface area contributed by atoms with Gasteiger partial charge in [-0.1, -0.05) is 34.1 Å². The second-order valence-electron chi connectivity index (χ2n) is 8.58. The molecule has 3 aliphatic carbocycles. The Hall–Kier alpha value is -0.530. The first-order valence-corrected chi connectivity index (χ1v) is 9.71. The highest BCUT2D eigenvalue weighted by Gasteiger charge is 2.53. The molecule has 3 aliphatic rings. The third-order valence-corrected chi connectivity index (χ3v) is 7.71. The summed E-state index contributed by atoms with van der Waals surface area (Å²) in [5.41, 5.74) is -0.152. The zero-order valence-electron chi connectivity index (χ0n) is 14.9. The zero-order valence-corrected chi connectivity index (χ0v) is 14.9. The minimum Gasteiger partial charge on any atom is -0.459 e. The van der Waals surface area contributed by atoms with Crippen LogP contribution in [0.5, 0.6) is 0 Å². The van der Waals surface area contributed by atoms with Crippen molar-refractivity contribution in [2.45, 2.75) is 84.7 Å². The van der Waals surface area contributed by atoms with Crippen LogP contribution < -0.4 is 0 Å². The molecule has 2 heteroatoms. The first kappa shape index (κ1) is 16.3. The quantitative estimate of drug-likeness (QED) is 0.667. The molecule has 0 spiro atoms. The molecule has 6 unspecified atom stereocenters. The van der Waals surface area contributed by atoms with E-state index in [2.05, 4.69) is 27.7 Å². The lowest BCUT2D eigenvalue weighted by atomic mass is 9.74. The van der Waals surface area contributed by atoms with Crippen LogP contribution in [0.15, 0.2) is 0 Å². The van der Waals surface area contributed by atoms with Gasteiger partial charge in [-0.05, 0) is 74.5 Å². The van der Waals surface area contributed by atoms with Crippen molar-refractivity contribution in [2.24, 2.45) is 35.5 Å². The van der Waals surface area contributed by atoms with E-state index in [1.807, 2.05) is 0 Å². The second kappa shape index (κ2) is 6.17. The third-order valence-electron chi connectivity index (χ3n) is 7.71. The van der Waals surface area contributed by atoms with Gasteiger partial charge in [-0.2, -0.15) is 0 Å². The number of hydrogen-bond donors (Lipinski definition) is 0. The summed E-state index contributed by atoms with van der Waals surface area (Å²) < 4.78 is 6.31. The van der Waals surface area contributed by atoms with E-state index in [9.17, 15) is 4.79 Å². The average molecular weight is 306 g/mol. The van der Waals surface area contributed by atoms with E-state index in [0.29, 0.717) is 17.8 Å². The van der Waals surface area contributed by atoms with Crippen molar-refractivity contribution in [1.82, 2.24) is 0 Å². The van der Waals surface area contributed by atoms with E-state index in [1.165, 1.54) is 25.7 Å². The summed E-state index contributed by atoms with van der Waals surface area (Å²) in [6.45, 7) is 9.23. The van der Waals surface area contributed by atoms with Gasteiger partial charge in [-0.3, -0.25) is 4.79 Å². The lowest BCUT2D eigenvalue weighted by molar-refractivity contribution is -0.178. The Kier molecular flexibility index (Phi) is 4.58. The maximum absolute atomic E-state index is 13.0. The predicted octanol–water partition coefficient (Wildman–Crippen LogP) is 5.21. The molecule has 0 aromatic heterocycles. The number of hydrogen-bond acceptors (Lipinski definition) is 2. The lowest BCUT2D eigenvalue weighted by Gasteiger charge is -2.43. The Labute approximate surface area is 136 Å². The SMILES string of the molecule is CCC(C)C1(OC(=O)C2CC3CC2C(C)C3C)CCCCC1. The summed E-state index contributed by atoms with van der Waals surface area (Å²) in [6, 6.07) is 0. The minimum atomic E-state index is -0.152. The van der Waals surface area contributed by atoms with Crippen LogP contribution in [0, 0.1) is 35.5 Å². The first-order valence-electron chi connectivity index (χ1n) is 9.71. The number of esters is 1. The number of rotatable bonds is 4. The van der Waals surface area contributed by atoms with Gasteiger partial charge in [0, 0.05) is 0 Å². The fourth-order valence-corrected chi connectivity index (χ4v) is 5.71. The molecule has 0 amide bonds. The van der Waals surface area contributed by atoms with Gasteiger partial charge >= 0.3 is 5.97 Å². The van der Waals surface area contributed by atoms with Crippen LogP contribution in [0.3, 0.4) is 0 Å². The van der Waals surface area contributed by atoms with Gasteiger partial charge in [-0.25, -0.2) is 0 Å².